The van der Waals surface area contributed by atoms with E-state index in [1.807, 2.05) is 24.3 Å². The van der Waals surface area contributed by atoms with Gasteiger partial charge in [0.2, 0.25) is 0 Å². The predicted octanol–water partition coefficient (Wildman–Crippen LogP) is 4.55. The summed E-state index contributed by atoms with van der Waals surface area (Å²) in [6, 6.07) is 19.4. The van der Waals surface area contributed by atoms with E-state index in [-0.39, 0.29) is 6.03 Å². The number of likely N-dealkylation sites (N-methyl/N-ethyl adjacent to an activating group) is 1. The third-order valence-corrected chi connectivity index (χ3v) is 6.32. The van der Waals surface area contributed by atoms with Gasteiger partial charge in [0.15, 0.2) is 0 Å². The number of aryl methyl sites for hydroxylation is 1. The van der Waals surface area contributed by atoms with E-state index in [2.05, 4.69) is 58.2 Å². The number of hydrogen-bond donors (Lipinski definition) is 3. The van der Waals surface area contributed by atoms with Crippen LogP contribution in [0.4, 0.5) is 16.3 Å². The van der Waals surface area contributed by atoms with Gasteiger partial charge in [0.05, 0.1) is 11.6 Å². The molecule has 2 aliphatic carbocycles. The van der Waals surface area contributed by atoms with Gasteiger partial charge in [0.25, 0.3) is 0 Å². The molecule has 0 radical (unpaired) electrons. The number of aromatic nitrogens is 1. The quantitative estimate of drug-likeness (QED) is 0.530. The van der Waals surface area contributed by atoms with Crippen LogP contribution in [-0.4, -0.2) is 42.1 Å². The molecule has 3 aromatic rings. The monoisotopic (exact) mass is 415 g/mol. The second-order valence-electron chi connectivity index (χ2n) is 8.63. The van der Waals surface area contributed by atoms with Crippen molar-refractivity contribution in [3.63, 3.8) is 0 Å². The summed E-state index contributed by atoms with van der Waals surface area (Å²) in [4.78, 5) is 19.3. The second-order valence-corrected chi connectivity index (χ2v) is 8.63. The fourth-order valence-corrected chi connectivity index (χ4v) is 4.39. The average Bonchev–Trinajstić information content (AvgIpc) is 3.56. The molecule has 5 rings (SSSR count). The van der Waals surface area contributed by atoms with E-state index in [1.165, 1.54) is 24.0 Å². The zero-order valence-corrected chi connectivity index (χ0v) is 17.9. The summed E-state index contributed by atoms with van der Waals surface area (Å²) in [5.74, 6) is 0.882. The normalized spacial score (nSPS) is 17.5. The van der Waals surface area contributed by atoms with E-state index >= 15 is 0 Å². The number of hydrogen-bond acceptors (Lipinski definition) is 4. The van der Waals surface area contributed by atoms with Crippen LogP contribution in [-0.2, 0) is 6.42 Å². The molecule has 0 unspecified atom stereocenters. The molecule has 0 spiro atoms. The fraction of sp³-hybridized carbons (Fsp3) is 0.360. The molecule has 1 saturated carbocycles. The molecule has 1 heterocycles. The van der Waals surface area contributed by atoms with E-state index in [0.29, 0.717) is 18.6 Å². The van der Waals surface area contributed by atoms with Crippen LogP contribution in [0.1, 0.15) is 36.4 Å². The third-order valence-electron chi connectivity index (χ3n) is 6.32. The van der Waals surface area contributed by atoms with Gasteiger partial charge in [-0.25, -0.2) is 9.78 Å². The Bertz CT molecular complexity index is 1090. The fourth-order valence-electron chi connectivity index (χ4n) is 4.39. The van der Waals surface area contributed by atoms with Crippen molar-refractivity contribution < 1.29 is 4.79 Å². The number of anilines is 2. The molecule has 1 fully saturated rings. The molecular weight excluding hydrogens is 386 g/mol. The van der Waals surface area contributed by atoms with Gasteiger partial charge in [-0.1, -0.05) is 24.3 Å². The van der Waals surface area contributed by atoms with E-state index in [4.69, 9.17) is 4.98 Å². The summed E-state index contributed by atoms with van der Waals surface area (Å²) in [7, 11) is 2.11. The van der Waals surface area contributed by atoms with Crippen LogP contribution >= 0.6 is 0 Å². The predicted molar refractivity (Wildman–Crippen MR) is 126 cm³/mol. The molecule has 0 bridgehead atoms. The summed E-state index contributed by atoms with van der Waals surface area (Å²) < 4.78 is 0. The molecule has 2 aromatic carbocycles. The lowest BCUT2D eigenvalue weighted by Crippen LogP contribution is -2.36. The highest BCUT2D eigenvalue weighted by Crippen LogP contribution is 2.33. The number of amides is 2. The lowest BCUT2D eigenvalue weighted by molar-refractivity contribution is 0.249. The Balaban J connectivity index is 1.19. The van der Waals surface area contributed by atoms with E-state index in [1.54, 1.807) is 0 Å². The first-order valence-electron chi connectivity index (χ1n) is 11.2. The largest absolute Gasteiger partial charge is 0.363 e. The molecule has 2 amide bonds. The Hall–Kier alpha value is -3.12. The Morgan fingerprint density at radius 1 is 1.10 bits per heavy atom. The number of fused-ring (bicyclic) bond motifs is 2. The third kappa shape index (κ3) is 4.64. The number of carbonyl (C=O) groups excluding carboxylic acids is 1. The average molecular weight is 416 g/mol. The molecule has 6 nitrogen and oxygen atoms in total. The number of pyridine rings is 1. The second kappa shape index (κ2) is 8.55. The van der Waals surface area contributed by atoms with Crippen molar-refractivity contribution in [2.24, 2.45) is 0 Å². The molecule has 6 heteroatoms. The van der Waals surface area contributed by atoms with Gasteiger partial charge in [-0.05, 0) is 74.2 Å². The minimum absolute atomic E-state index is 0.172. The highest BCUT2D eigenvalue weighted by molar-refractivity contribution is 5.92. The standard InChI is InChI=1S/C25H29N5O/c1-30(20-9-10-20)15-14-26-25(31)27-19-8-12-22-18(16-19)7-13-24(28-22)29-23-11-6-17-4-2-3-5-21(17)23/h2-5,7-8,12-13,16,20,23H,6,9-11,14-15H2,1H3,(H,28,29)(H2,26,27,31)/t23-/m1/s1. The van der Waals surface area contributed by atoms with Crippen LogP contribution < -0.4 is 16.0 Å². The summed E-state index contributed by atoms with van der Waals surface area (Å²) in [6.07, 6.45) is 4.75. The summed E-state index contributed by atoms with van der Waals surface area (Å²) >= 11 is 0. The first kappa shape index (κ1) is 19.8. The molecule has 3 N–H and O–H groups in total. The number of carbonyl (C=O) groups is 1. The zero-order valence-electron chi connectivity index (χ0n) is 17.9. The Labute approximate surface area is 183 Å². The summed E-state index contributed by atoms with van der Waals surface area (Å²) in [6.45, 7) is 1.52. The molecular formula is C25H29N5O. The van der Waals surface area contributed by atoms with E-state index in [0.717, 1.165) is 41.8 Å². The van der Waals surface area contributed by atoms with Gasteiger partial charge in [-0.15, -0.1) is 0 Å². The maximum Gasteiger partial charge on any atom is 0.319 e. The van der Waals surface area contributed by atoms with Gasteiger partial charge in [0.1, 0.15) is 5.82 Å². The Morgan fingerprint density at radius 2 is 1.97 bits per heavy atom. The van der Waals surface area contributed by atoms with Crippen molar-refractivity contribution in [2.45, 2.75) is 37.8 Å². The zero-order chi connectivity index (χ0) is 21.2. The first-order chi connectivity index (χ1) is 15.2. The van der Waals surface area contributed by atoms with Crippen LogP contribution in [0.5, 0.6) is 0 Å². The van der Waals surface area contributed by atoms with Crippen LogP contribution in [0.25, 0.3) is 10.9 Å². The molecule has 160 valence electrons. The molecule has 1 atom stereocenters. The Kier molecular flexibility index (Phi) is 5.47. The van der Waals surface area contributed by atoms with Gasteiger partial charge in [-0.2, -0.15) is 0 Å². The van der Waals surface area contributed by atoms with Crippen molar-refractivity contribution in [3.8, 4) is 0 Å². The van der Waals surface area contributed by atoms with Crippen molar-refractivity contribution in [1.82, 2.24) is 15.2 Å². The van der Waals surface area contributed by atoms with Gasteiger partial charge in [0, 0.05) is 30.2 Å². The summed E-state index contributed by atoms with van der Waals surface area (Å²) in [5.41, 5.74) is 4.48. The maximum absolute atomic E-state index is 12.2. The molecule has 0 aliphatic heterocycles. The number of rotatable bonds is 7. The highest BCUT2D eigenvalue weighted by atomic mass is 16.2. The van der Waals surface area contributed by atoms with Gasteiger partial charge in [-0.3, -0.25) is 0 Å². The van der Waals surface area contributed by atoms with E-state index < -0.39 is 0 Å². The van der Waals surface area contributed by atoms with E-state index in [9.17, 15) is 4.79 Å². The SMILES string of the molecule is CN(CCNC(=O)Nc1ccc2nc(N[C@@H]3CCc4ccccc43)ccc2c1)C1CC1. The Morgan fingerprint density at radius 3 is 2.84 bits per heavy atom. The number of benzene rings is 2. The van der Waals surface area contributed by atoms with Crippen molar-refractivity contribution in [3.05, 3.63) is 65.7 Å². The minimum Gasteiger partial charge on any atom is -0.363 e. The van der Waals surface area contributed by atoms with Crippen LogP contribution in [0.15, 0.2) is 54.6 Å². The number of urea groups is 1. The lowest BCUT2D eigenvalue weighted by atomic mass is 10.1. The van der Waals surface area contributed by atoms with Crippen LogP contribution in [0, 0.1) is 0 Å². The molecule has 2 aliphatic rings. The van der Waals surface area contributed by atoms with Crippen molar-refractivity contribution in [1.29, 1.82) is 0 Å². The topological polar surface area (TPSA) is 69.3 Å². The molecule has 0 saturated heterocycles. The maximum atomic E-state index is 12.2. The van der Waals surface area contributed by atoms with Crippen molar-refractivity contribution >= 4 is 28.4 Å². The minimum atomic E-state index is -0.172. The first-order valence-corrected chi connectivity index (χ1v) is 11.2. The van der Waals surface area contributed by atoms with Gasteiger partial charge >= 0.3 is 6.03 Å². The van der Waals surface area contributed by atoms with Crippen LogP contribution in [0.3, 0.4) is 0 Å². The highest BCUT2D eigenvalue weighted by Gasteiger charge is 2.25. The summed E-state index contributed by atoms with van der Waals surface area (Å²) in [5, 5.41) is 10.4. The lowest BCUT2D eigenvalue weighted by Gasteiger charge is -2.16. The van der Waals surface area contributed by atoms with Crippen molar-refractivity contribution in [2.75, 3.05) is 30.8 Å². The smallest absolute Gasteiger partial charge is 0.319 e. The van der Waals surface area contributed by atoms with Gasteiger partial charge < -0.3 is 20.9 Å². The molecule has 31 heavy (non-hydrogen) atoms. The number of nitrogens with zero attached hydrogens (tertiary/aromatic N) is 2. The number of nitrogens with one attached hydrogen (secondary N) is 3. The molecule has 1 aromatic heterocycles. The van der Waals surface area contributed by atoms with Crippen LogP contribution in [0.2, 0.25) is 0 Å².